The summed E-state index contributed by atoms with van der Waals surface area (Å²) >= 11 is 5.69. The van der Waals surface area contributed by atoms with Gasteiger partial charge < -0.3 is 10.1 Å². The summed E-state index contributed by atoms with van der Waals surface area (Å²) in [6.07, 6.45) is 1.28. The van der Waals surface area contributed by atoms with Crippen molar-refractivity contribution in [1.29, 1.82) is 0 Å². The van der Waals surface area contributed by atoms with E-state index >= 15 is 0 Å². The summed E-state index contributed by atoms with van der Waals surface area (Å²) in [5.41, 5.74) is -1.01. The van der Waals surface area contributed by atoms with Crippen LogP contribution in [0.25, 0.3) is 11.0 Å². The lowest BCUT2D eigenvalue weighted by atomic mass is 10.3. The number of pyridine rings is 2. The summed E-state index contributed by atoms with van der Waals surface area (Å²) in [7, 11) is 0. The highest BCUT2D eigenvalue weighted by atomic mass is 35.5. The number of nitrogens with zero attached hydrogens (tertiary/aromatic N) is 1. The Bertz CT molecular complexity index is 567. The van der Waals surface area contributed by atoms with Crippen molar-refractivity contribution in [3.63, 3.8) is 0 Å². The van der Waals surface area contributed by atoms with Crippen molar-refractivity contribution in [2.24, 2.45) is 0 Å². The molecule has 0 amide bonds. The molecule has 2 aromatic heterocycles. The predicted octanol–water partition coefficient (Wildman–Crippen LogP) is 1.42. The number of nitrogens with one attached hydrogen (secondary N) is 1. The van der Waals surface area contributed by atoms with Gasteiger partial charge in [-0.1, -0.05) is 11.6 Å². The van der Waals surface area contributed by atoms with Gasteiger partial charge in [0.25, 0.3) is 5.56 Å². The molecule has 0 aromatic carbocycles. The van der Waals surface area contributed by atoms with Gasteiger partial charge in [-0.25, -0.2) is 4.39 Å². The van der Waals surface area contributed by atoms with Gasteiger partial charge >= 0.3 is 0 Å². The molecule has 0 aliphatic carbocycles. The normalized spacial score (nSPS) is 10.7. The molecule has 2 aromatic rings. The van der Waals surface area contributed by atoms with Gasteiger partial charge in [0, 0.05) is 6.20 Å². The van der Waals surface area contributed by atoms with Crippen molar-refractivity contribution in [3.8, 4) is 5.75 Å². The Morgan fingerprint density at radius 2 is 2.29 bits per heavy atom. The molecule has 6 heteroatoms. The van der Waals surface area contributed by atoms with E-state index in [1.807, 2.05) is 0 Å². The second-order valence-corrected chi connectivity index (χ2v) is 3.04. The molecule has 4 nitrogen and oxygen atoms in total. The Labute approximate surface area is 82.0 Å². The highest BCUT2D eigenvalue weighted by Gasteiger charge is 2.13. The second-order valence-electron chi connectivity index (χ2n) is 2.63. The van der Waals surface area contributed by atoms with Gasteiger partial charge in [0.15, 0.2) is 5.82 Å². The SMILES string of the molecule is O=c1[nH]c2c(Cl)ccnc2c(F)c1O. The number of aromatic hydroxyl groups is 1. The maximum absolute atomic E-state index is 13.2. The summed E-state index contributed by atoms with van der Waals surface area (Å²) in [6, 6.07) is 1.41. The largest absolute Gasteiger partial charge is 0.501 e. The standard InChI is InChI=1S/C8H4ClFN2O2/c9-3-1-2-11-6-4(10)7(13)8(14)12-5(3)6/h1-2,13H,(H,12,14). The van der Waals surface area contributed by atoms with Crippen LogP contribution in [0, 0.1) is 5.82 Å². The van der Waals surface area contributed by atoms with Crippen molar-refractivity contribution >= 4 is 22.6 Å². The maximum atomic E-state index is 13.2. The number of hydrogen-bond acceptors (Lipinski definition) is 3. The number of aromatic amines is 1. The molecular weight excluding hydrogens is 211 g/mol. The number of hydrogen-bond donors (Lipinski definition) is 2. The van der Waals surface area contributed by atoms with Crippen molar-refractivity contribution in [1.82, 2.24) is 9.97 Å². The number of H-pyrrole nitrogens is 1. The summed E-state index contributed by atoms with van der Waals surface area (Å²) in [5, 5.41) is 9.17. The van der Waals surface area contributed by atoms with Crippen LogP contribution in [0.3, 0.4) is 0 Å². The fourth-order valence-electron chi connectivity index (χ4n) is 1.11. The van der Waals surface area contributed by atoms with E-state index in [1.165, 1.54) is 12.3 Å². The Hall–Kier alpha value is -1.62. The molecule has 0 spiro atoms. The van der Waals surface area contributed by atoms with Crippen LogP contribution in [0.5, 0.6) is 5.75 Å². The molecule has 72 valence electrons. The molecular formula is C8H4ClFN2O2. The zero-order valence-corrected chi connectivity index (χ0v) is 7.47. The third-order valence-corrected chi connectivity index (χ3v) is 2.08. The van der Waals surface area contributed by atoms with Crippen molar-refractivity contribution in [2.75, 3.05) is 0 Å². The van der Waals surface area contributed by atoms with Crippen LogP contribution in [-0.4, -0.2) is 15.1 Å². The van der Waals surface area contributed by atoms with E-state index in [9.17, 15) is 9.18 Å². The van der Waals surface area contributed by atoms with E-state index in [2.05, 4.69) is 9.97 Å². The monoisotopic (exact) mass is 214 g/mol. The molecule has 0 aliphatic heterocycles. The van der Waals surface area contributed by atoms with Crippen LogP contribution in [0.2, 0.25) is 5.02 Å². The van der Waals surface area contributed by atoms with Gasteiger partial charge in [0.1, 0.15) is 5.52 Å². The Kier molecular flexibility index (Phi) is 1.89. The molecule has 14 heavy (non-hydrogen) atoms. The zero-order chi connectivity index (χ0) is 10.3. The van der Waals surface area contributed by atoms with Crippen molar-refractivity contribution < 1.29 is 9.50 Å². The van der Waals surface area contributed by atoms with Gasteiger partial charge in [0.2, 0.25) is 5.75 Å². The molecule has 0 radical (unpaired) electrons. The minimum Gasteiger partial charge on any atom is -0.501 e. The number of fused-ring (bicyclic) bond motifs is 1. The average molecular weight is 215 g/mol. The van der Waals surface area contributed by atoms with Crippen molar-refractivity contribution in [3.05, 3.63) is 33.5 Å². The van der Waals surface area contributed by atoms with Crippen LogP contribution < -0.4 is 5.56 Å². The molecule has 0 unspecified atom stereocenters. The Morgan fingerprint density at radius 1 is 1.57 bits per heavy atom. The summed E-state index contributed by atoms with van der Waals surface area (Å²) < 4.78 is 13.2. The Balaban J connectivity index is 3.06. The van der Waals surface area contributed by atoms with Gasteiger partial charge in [-0.2, -0.15) is 0 Å². The smallest absolute Gasteiger partial charge is 0.293 e. The van der Waals surface area contributed by atoms with Crippen LogP contribution in [0.15, 0.2) is 17.1 Å². The zero-order valence-electron chi connectivity index (χ0n) is 6.71. The van der Waals surface area contributed by atoms with Gasteiger partial charge in [-0.05, 0) is 6.07 Å². The third-order valence-electron chi connectivity index (χ3n) is 1.77. The third kappa shape index (κ3) is 1.13. The predicted molar refractivity (Wildman–Crippen MR) is 49.0 cm³/mol. The maximum Gasteiger partial charge on any atom is 0.293 e. The lowest BCUT2D eigenvalue weighted by Crippen LogP contribution is -2.08. The highest BCUT2D eigenvalue weighted by molar-refractivity contribution is 6.34. The molecule has 2 N–H and O–H groups in total. The van der Waals surface area contributed by atoms with E-state index in [1.54, 1.807) is 0 Å². The first kappa shape index (κ1) is 8.96. The van der Waals surface area contributed by atoms with E-state index in [-0.39, 0.29) is 16.1 Å². The van der Waals surface area contributed by atoms with Crippen molar-refractivity contribution in [2.45, 2.75) is 0 Å². The van der Waals surface area contributed by atoms with Crippen LogP contribution >= 0.6 is 11.6 Å². The fraction of sp³-hybridized carbons (Fsp3) is 0. The first-order valence-corrected chi connectivity index (χ1v) is 4.04. The first-order chi connectivity index (χ1) is 6.61. The topological polar surface area (TPSA) is 66.0 Å². The summed E-state index contributed by atoms with van der Waals surface area (Å²) in [6.45, 7) is 0. The molecule has 0 bridgehead atoms. The van der Waals surface area contributed by atoms with E-state index in [0.29, 0.717) is 0 Å². The minimum absolute atomic E-state index is 0.0782. The number of rotatable bonds is 0. The van der Waals surface area contributed by atoms with E-state index in [0.717, 1.165) is 0 Å². The molecule has 2 rings (SSSR count). The minimum atomic E-state index is -1.06. The van der Waals surface area contributed by atoms with Crippen LogP contribution in [-0.2, 0) is 0 Å². The molecule has 0 fully saturated rings. The lowest BCUT2D eigenvalue weighted by Gasteiger charge is -2.01. The molecule has 0 saturated carbocycles. The molecule has 0 aliphatic rings. The van der Waals surface area contributed by atoms with Gasteiger partial charge in [-0.3, -0.25) is 9.78 Å². The number of halogens is 2. The van der Waals surface area contributed by atoms with Gasteiger partial charge in [-0.15, -0.1) is 0 Å². The quantitative estimate of drug-likeness (QED) is 0.697. The average Bonchev–Trinajstić information content (AvgIpc) is 2.17. The highest BCUT2D eigenvalue weighted by Crippen LogP contribution is 2.23. The molecule has 0 saturated heterocycles. The van der Waals surface area contributed by atoms with E-state index in [4.69, 9.17) is 16.7 Å². The fourth-order valence-corrected chi connectivity index (χ4v) is 1.30. The first-order valence-electron chi connectivity index (χ1n) is 3.66. The second kappa shape index (κ2) is 2.95. The summed E-state index contributed by atoms with van der Waals surface area (Å²) in [4.78, 5) is 16.9. The Morgan fingerprint density at radius 3 is 3.00 bits per heavy atom. The van der Waals surface area contributed by atoms with Crippen LogP contribution in [0.1, 0.15) is 0 Å². The lowest BCUT2D eigenvalue weighted by molar-refractivity contribution is 0.427. The number of aromatic nitrogens is 2. The van der Waals surface area contributed by atoms with Gasteiger partial charge in [0.05, 0.1) is 10.5 Å². The van der Waals surface area contributed by atoms with Crippen LogP contribution in [0.4, 0.5) is 4.39 Å². The molecule has 2 heterocycles. The molecule has 0 atom stereocenters. The summed E-state index contributed by atoms with van der Waals surface area (Å²) in [5.74, 6) is -2.04. The van der Waals surface area contributed by atoms with E-state index < -0.39 is 17.1 Å².